The maximum atomic E-state index is 11.5. The predicted molar refractivity (Wildman–Crippen MR) is 165 cm³/mol. The fraction of sp³-hybridized carbons (Fsp3) is 0.703. The van der Waals surface area contributed by atoms with E-state index in [2.05, 4.69) is 54.2 Å². The number of carboxylic acids is 1. The van der Waals surface area contributed by atoms with Crippen molar-refractivity contribution in [3.05, 3.63) is 53.6 Å². The van der Waals surface area contributed by atoms with Gasteiger partial charge in [-0.15, -0.1) is 0 Å². The first-order valence-electron chi connectivity index (χ1n) is 16.1. The molecular weight excluding hydrogens is 490 g/mol. The number of hydrogen-bond donors (Lipinski definition) is 2. The number of carbonyl (C=O) groups is 1. The third-order valence-electron chi connectivity index (χ3n) is 14.7. The van der Waals surface area contributed by atoms with E-state index < -0.39 is 5.97 Å². The number of nitrogens with two attached hydrogens (primary N) is 1. The van der Waals surface area contributed by atoms with Crippen LogP contribution in [-0.2, 0) is 0 Å². The molecule has 0 bridgehead atoms. The summed E-state index contributed by atoms with van der Waals surface area (Å²) >= 11 is 0. The molecule has 218 valence electrons. The number of benzene rings is 1. The van der Waals surface area contributed by atoms with Crippen LogP contribution in [0.5, 0.6) is 0 Å². The molecule has 40 heavy (non-hydrogen) atoms. The normalized spacial score (nSPS) is 45.4. The fourth-order valence-corrected chi connectivity index (χ4v) is 12.5. The second-order valence-electron chi connectivity index (χ2n) is 16.2. The lowest BCUT2D eigenvalue weighted by Crippen LogP contribution is -2.65. The van der Waals surface area contributed by atoms with Gasteiger partial charge < -0.3 is 10.8 Å². The van der Waals surface area contributed by atoms with Crippen LogP contribution in [0.25, 0.3) is 5.57 Å². The van der Waals surface area contributed by atoms with Crippen molar-refractivity contribution in [2.24, 2.45) is 62.4 Å². The molecular formula is C37H53NO2. The minimum Gasteiger partial charge on any atom is -0.478 e. The lowest BCUT2D eigenvalue weighted by Gasteiger charge is -2.72. The molecule has 4 saturated carbocycles. The van der Waals surface area contributed by atoms with E-state index in [4.69, 9.17) is 5.73 Å². The van der Waals surface area contributed by atoms with Crippen LogP contribution in [0.4, 0.5) is 0 Å². The molecule has 5 aliphatic carbocycles. The monoisotopic (exact) mass is 543 g/mol. The van der Waals surface area contributed by atoms with Gasteiger partial charge in [0.25, 0.3) is 0 Å². The number of carboxylic acid groups (broad SMARTS) is 1. The average molecular weight is 544 g/mol. The van der Waals surface area contributed by atoms with Crippen molar-refractivity contribution >= 4 is 11.5 Å². The van der Waals surface area contributed by atoms with Crippen LogP contribution in [0.15, 0.2) is 42.5 Å². The van der Waals surface area contributed by atoms with Crippen molar-refractivity contribution in [2.75, 3.05) is 6.54 Å². The zero-order valence-corrected chi connectivity index (χ0v) is 26.0. The van der Waals surface area contributed by atoms with Crippen LogP contribution >= 0.6 is 0 Å². The highest BCUT2D eigenvalue weighted by Gasteiger charge is 2.70. The molecule has 0 spiro atoms. The topological polar surface area (TPSA) is 63.3 Å². The fourth-order valence-electron chi connectivity index (χ4n) is 12.5. The van der Waals surface area contributed by atoms with Crippen molar-refractivity contribution in [1.29, 1.82) is 0 Å². The highest BCUT2D eigenvalue weighted by atomic mass is 16.4. The van der Waals surface area contributed by atoms with E-state index >= 15 is 0 Å². The van der Waals surface area contributed by atoms with Crippen molar-refractivity contribution in [2.45, 2.75) is 99.3 Å². The van der Waals surface area contributed by atoms with Gasteiger partial charge in [-0.2, -0.15) is 0 Å². The molecule has 3 nitrogen and oxygen atoms in total. The smallest absolute Gasteiger partial charge is 0.335 e. The van der Waals surface area contributed by atoms with Gasteiger partial charge in [0, 0.05) is 0 Å². The first-order chi connectivity index (χ1) is 18.7. The molecule has 0 aromatic heterocycles. The Hall–Kier alpha value is -1.87. The van der Waals surface area contributed by atoms with E-state index in [1.165, 1.54) is 68.1 Å². The SMILES string of the molecule is C=C(C)C1CCC2(CN)CCC3(C)C(CCC4C5(C)CC=C(c6ccc(C(=O)O)cc6)C(C)(C)C5CCC43C)C12. The molecule has 4 fully saturated rings. The van der Waals surface area contributed by atoms with Crippen molar-refractivity contribution in [1.82, 2.24) is 0 Å². The van der Waals surface area contributed by atoms with E-state index in [1.54, 1.807) is 12.1 Å². The quantitative estimate of drug-likeness (QED) is 0.372. The Labute approximate surface area is 243 Å². The Morgan fingerprint density at radius 3 is 2.25 bits per heavy atom. The van der Waals surface area contributed by atoms with Gasteiger partial charge in [-0.1, -0.05) is 65.0 Å². The number of aromatic carboxylic acids is 1. The molecule has 0 aliphatic heterocycles. The Balaban J connectivity index is 1.36. The van der Waals surface area contributed by atoms with E-state index in [9.17, 15) is 9.90 Å². The number of allylic oxidation sites excluding steroid dienone is 3. The molecule has 0 radical (unpaired) electrons. The van der Waals surface area contributed by atoms with Crippen molar-refractivity contribution < 1.29 is 9.90 Å². The average Bonchev–Trinajstić information content (AvgIpc) is 3.29. The van der Waals surface area contributed by atoms with Crippen molar-refractivity contribution in [3.8, 4) is 0 Å². The van der Waals surface area contributed by atoms with Crippen LogP contribution in [0, 0.1) is 56.7 Å². The standard InChI is InChI=1S/C37H53NO2/c1-23(2)26-14-19-37(22-38)21-20-35(6)28(31(26)37)12-13-30-34(5)17-15-27(24-8-10-25(11-9-24)32(39)40)33(3,4)29(34)16-18-36(30,35)7/h8-11,15,26,28-31H,1,12-14,16-22,38H2,2-7H3,(H,39,40). The Morgan fingerprint density at radius 2 is 1.62 bits per heavy atom. The summed E-state index contributed by atoms with van der Waals surface area (Å²) in [4.78, 5) is 11.5. The third-order valence-corrected chi connectivity index (χ3v) is 14.7. The molecule has 3 N–H and O–H groups in total. The molecule has 0 heterocycles. The Kier molecular flexibility index (Phi) is 6.40. The van der Waals surface area contributed by atoms with Gasteiger partial charge in [-0.05, 0) is 151 Å². The van der Waals surface area contributed by atoms with Gasteiger partial charge in [0.2, 0.25) is 0 Å². The first kappa shape index (κ1) is 28.3. The van der Waals surface area contributed by atoms with Gasteiger partial charge in [0.1, 0.15) is 0 Å². The minimum absolute atomic E-state index is 0.0502. The molecule has 1 aromatic rings. The van der Waals surface area contributed by atoms with Crippen LogP contribution < -0.4 is 5.73 Å². The summed E-state index contributed by atoms with van der Waals surface area (Å²) in [7, 11) is 0. The predicted octanol–water partition coefficient (Wildman–Crippen LogP) is 8.99. The van der Waals surface area contributed by atoms with Crippen LogP contribution in [0.1, 0.15) is 115 Å². The number of fused-ring (bicyclic) bond motifs is 7. The molecule has 9 atom stereocenters. The molecule has 1 aromatic carbocycles. The number of rotatable bonds is 4. The van der Waals surface area contributed by atoms with Gasteiger partial charge in [-0.25, -0.2) is 4.79 Å². The van der Waals surface area contributed by atoms with E-state index in [-0.39, 0.29) is 10.8 Å². The van der Waals surface area contributed by atoms with Crippen molar-refractivity contribution in [3.63, 3.8) is 0 Å². The summed E-state index contributed by atoms with van der Waals surface area (Å²) in [5.74, 6) is 2.60. The van der Waals surface area contributed by atoms with E-state index in [0.717, 1.165) is 24.8 Å². The van der Waals surface area contributed by atoms with Gasteiger partial charge in [0.05, 0.1) is 5.56 Å². The summed E-state index contributed by atoms with van der Waals surface area (Å²) in [6.45, 7) is 20.6. The zero-order valence-electron chi connectivity index (χ0n) is 26.0. The second-order valence-corrected chi connectivity index (χ2v) is 16.2. The van der Waals surface area contributed by atoms with Gasteiger partial charge >= 0.3 is 5.97 Å². The summed E-state index contributed by atoms with van der Waals surface area (Å²) in [5, 5.41) is 9.41. The van der Waals surface area contributed by atoms with Crippen LogP contribution in [0.3, 0.4) is 0 Å². The van der Waals surface area contributed by atoms with Gasteiger partial charge in [-0.3, -0.25) is 0 Å². The third kappa shape index (κ3) is 3.55. The maximum Gasteiger partial charge on any atom is 0.335 e. The lowest BCUT2D eigenvalue weighted by atomic mass is 9.32. The summed E-state index contributed by atoms with van der Waals surface area (Å²) in [6.07, 6.45) is 14.2. The first-order valence-corrected chi connectivity index (χ1v) is 16.1. The molecule has 6 rings (SSSR count). The molecule has 0 saturated heterocycles. The zero-order chi connectivity index (χ0) is 28.9. The number of hydrogen-bond acceptors (Lipinski definition) is 2. The minimum atomic E-state index is -0.856. The molecule has 3 heteroatoms. The highest BCUT2D eigenvalue weighted by molar-refractivity contribution is 5.88. The van der Waals surface area contributed by atoms with E-state index in [0.29, 0.717) is 39.6 Å². The van der Waals surface area contributed by atoms with E-state index in [1.807, 2.05) is 12.1 Å². The summed E-state index contributed by atoms with van der Waals surface area (Å²) < 4.78 is 0. The van der Waals surface area contributed by atoms with Gasteiger partial charge in [0.15, 0.2) is 0 Å². The summed E-state index contributed by atoms with van der Waals surface area (Å²) in [5.41, 5.74) is 12.4. The maximum absolute atomic E-state index is 11.5. The van der Waals surface area contributed by atoms with Crippen LogP contribution in [-0.4, -0.2) is 17.6 Å². The second kappa shape index (κ2) is 9.06. The molecule has 0 amide bonds. The Morgan fingerprint density at radius 1 is 0.925 bits per heavy atom. The lowest BCUT2D eigenvalue weighted by molar-refractivity contribution is -0.224. The molecule has 9 unspecified atom stereocenters. The molecule has 5 aliphatic rings. The Bertz CT molecular complexity index is 1240. The largest absolute Gasteiger partial charge is 0.478 e. The summed E-state index contributed by atoms with van der Waals surface area (Å²) in [6, 6.07) is 7.61. The van der Waals surface area contributed by atoms with Crippen LogP contribution in [0.2, 0.25) is 0 Å². The highest BCUT2D eigenvalue weighted by Crippen LogP contribution is 2.77.